The number of furan rings is 1. The zero-order valence-electron chi connectivity index (χ0n) is 18.4. The summed E-state index contributed by atoms with van der Waals surface area (Å²) in [5, 5.41) is 1.58. The van der Waals surface area contributed by atoms with Crippen LogP contribution in [0.15, 0.2) is 52.9 Å². The summed E-state index contributed by atoms with van der Waals surface area (Å²) < 4.78 is 17.6. The van der Waals surface area contributed by atoms with Gasteiger partial charge in [-0.2, -0.15) is 0 Å². The van der Waals surface area contributed by atoms with Crippen molar-refractivity contribution in [3.63, 3.8) is 0 Å². The molecule has 0 saturated carbocycles. The summed E-state index contributed by atoms with van der Waals surface area (Å²) in [5.41, 5.74) is 1.56. The van der Waals surface area contributed by atoms with Crippen LogP contribution in [0.3, 0.4) is 0 Å². The molecule has 1 fully saturated rings. The van der Waals surface area contributed by atoms with Gasteiger partial charge >= 0.3 is 0 Å². The van der Waals surface area contributed by atoms with Crippen molar-refractivity contribution in [1.29, 1.82) is 0 Å². The van der Waals surface area contributed by atoms with E-state index in [0.29, 0.717) is 23.0 Å². The van der Waals surface area contributed by atoms with Crippen LogP contribution in [-0.2, 0) is 4.74 Å². The van der Waals surface area contributed by atoms with Crippen LogP contribution >= 0.6 is 23.7 Å². The first kappa shape index (κ1) is 23.5. The minimum atomic E-state index is -0.172. The van der Waals surface area contributed by atoms with Crippen LogP contribution in [0.2, 0.25) is 0 Å². The summed E-state index contributed by atoms with van der Waals surface area (Å²) >= 11 is 1.49. The van der Waals surface area contributed by atoms with Crippen LogP contribution in [0.5, 0.6) is 5.75 Å². The zero-order valence-corrected chi connectivity index (χ0v) is 20.0. The van der Waals surface area contributed by atoms with Crippen molar-refractivity contribution in [3.05, 3.63) is 54.3 Å². The Morgan fingerprint density at radius 1 is 1.18 bits per heavy atom. The Hall–Kier alpha value is -2.65. The maximum absolute atomic E-state index is 13.5. The van der Waals surface area contributed by atoms with E-state index >= 15 is 0 Å². The van der Waals surface area contributed by atoms with Gasteiger partial charge in [-0.15, -0.1) is 12.4 Å². The Bertz CT molecular complexity index is 1200. The van der Waals surface area contributed by atoms with Crippen molar-refractivity contribution in [2.24, 2.45) is 0 Å². The van der Waals surface area contributed by atoms with Crippen molar-refractivity contribution in [2.75, 3.05) is 51.4 Å². The summed E-state index contributed by atoms with van der Waals surface area (Å²) in [4.78, 5) is 22.4. The average Bonchev–Trinajstić information content (AvgIpc) is 3.45. The Kier molecular flexibility index (Phi) is 7.49. The third-order valence-electron chi connectivity index (χ3n) is 5.66. The molecule has 1 saturated heterocycles. The molecule has 1 amide bonds. The normalized spacial score (nSPS) is 14.3. The molecule has 4 aromatic rings. The molecule has 0 bridgehead atoms. The number of hydrogen-bond donors (Lipinski definition) is 0. The van der Waals surface area contributed by atoms with Gasteiger partial charge in [-0.3, -0.25) is 14.6 Å². The van der Waals surface area contributed by atoms with Gasteiger partial charge in [-0.05, 0) is 36.8 Å². The number of ether oxygens (including phenoxy) is 2. The van der Waals surface area contributed by atoms with Crippen molar-refractivity contribution in [1.82, 2.24) is 9.88 Å². The number of para-hydroxylation sites is 1. The highest BCUT2D eigenvalue weighted by molar-refractivity contribution is 7.22. The number of anilines is 1. The molecule has 0 radical (unpaired) electrons. The molecule has 2 aromatic heterocycles. The molecule has 5 rings (SSSR count). The maximum Gasteiger partial charge on any atom is 0.295 e. The fourth-order valence-corrected chi connectivity index (χ4v) is 4.94. The molecule has 1 aliphatic rings. The van der Waals surface area contributed by atoms with Crippen LogP contribution in [-0.4, -0.2) is 62.3 Å². The van der Waals surface area contributed by atoms with Gasteiger partial charge in [-0.25, -0.2) is 4.98 Å². The largest absolute Gasteiger partial charge is 0.497 e. The van der Waals surface area contributed by atoms with Gasteiger partial charge in [0.25, 0.3) is 5.91 Å². The predicted octanol–water partition coefficient (Wildman–Crippen LogP) is 4.84. The molecule has 2 aromatic carbocycles. The second kappa shape index (κ2) is 10.5. The van der Waals surface area contributed by atoms with Gasteiger partial charge < -0.3 is 13.9 Å². The molecule has 0 spiro atoms. The number of rotatable bonds is 7. The molecule has 7 nitrogen and oxygen atoms in total. The number of aromatic nitrogens is 1. The van der Waals surface area contributed by atoms with E-state index < -0.39 is 0 Å². The van der Waals surface area contributed by atoms with Crippen molar-refractivity contribution < 1.29 is 18.7 Å². The molecule has 3 heterocycles. The summed E-state index contributed by atoms with van der Waals surface area (Å²) in [6.45, 7) is 4.86. The van der Waals surface area contributed by atoms with Crippen LogP contribution in [0.1, 0.15) is 17.0 Å². The van der Waals surface area contributed by atoms with Gasteiger partial charge in [0.15, 0.2) is 10.9 Å². The van der Waals surface area contributed by atoms with E-state index in [4.69, 9.17) is 18.9 Å². The summed E-state index contributed by atoms with van der Waals surface area (Å²) in [6.07, 6.45) is 0.839. The lowest BCUT2D eigenvalue weighted by Crippen LogP contribution is -2.39. The Morgan fingerprint density at radius 3 is 2.79 bits per heavy atom. The molecule has 0 N–H and O–H groups in total. The molecule has 174 valence electrons. The number of carbonyl (C=O) groups excluding carboxylic acids is 1. The number of benzene rings is 2. The molecular weight excluding hydrogens is 462 g/mol. The zero-order chi connectivity index (χ0) is 21.9. The predicted molar refractivity (Wildman–Crippen MR) is 133 cm³/mol. The lowest BCUT2D eigenvalue weighted by Gasteiger charge is -2.27. The summed E-state index contributed by atoms with van der Waals surface area (Å²) in [6, 6.07) is 15.2. The van der Waals surface area contributed by atoms with Gasteiger partial charge in [-0.1, -0.05) is 29.5 Å². The second-order valence-electron chi connectivity index (χ2n) is 7.74. The van der Waals surface area contributed by atoms with Crippen LogP contribution in [0.4, 0.5) is 5.13 Å². The molecule has 0 unspecified atom stereocenters. The van der Waals surface area contributed by atoms with Gasteiger partial charge in [0, 0.05) is 31.6 Å². The maximum atomic E-state index is 13.5. The van der Waals surface area contributed by atoms with Crippen LogP contribution in [0.25, 0.3) is 21.2 Å². The fourth-order valence-electron chi connectivity index (χ4n) is 3.92. The van der Waals surface area contributed by atoms with E-state index in [1.807, 2.05) is 48.5 Å². The van der Waals surface area contributed by atoms with E-state index in [1.165, 1.54) is 11.3 Å². The third kappa shape index (κ3) is 5.14. The Morgan fingerprint density at radius 2 is 2.00 bits per heavy atom. The third-order valence-corrected chi connectivity index (χ3v) is 6.70. The molecule has 33 heavy (non-hydrogen) atoms. The second-order valence-corrected chi connectivity index (χ2v) is 8.75. The van der Waals surface area contributed by atoms with Crippen molar-refractivity contribution in [3.8, 4) is 5.75 Å². The van der Waals surface area contributed by atoms with E-state index in [-0.39, 0.29) is 18.3 Å². The highest BCUT2D eigenvalue weighted by Gasteiger charge is 2.25. The van der Waals surface area contributed by atoms with Crippen LogP contribution < -0.4 is 9.64 Å². The Balaban J connectivity index is 0.00000259. The SMILES string of the molecule is COc1ccc2nc(N(CCCN3CCOCC3)C(=O)c3cc4ccccc4o3)sc2c1.Cl. The molecule has 9 heteroatoms. The Labute approximate surface area is 202 Å². The highest BCUT2D eigenvalue weighted by atomic mass is 35.5. The van der Waals surface area contributed by atoms with Crippen molar-refractivity contribution in [2.45, 2.75) is 6.42 Å². The molecule has 0 atom stereocenters. The fraction of sp³-hybridized carbons (Fsp3) is 0.333. The number of amides is 1. The van der Waals surface area contributed by atoms with Crippen molar-refractivity contribution >= 4 is 56.0 Å². The first-order valence-electron chi connectivity index (χ1n) is 10.8. The van der Waals surface area contributed by atoms with Gasteiger partial charge in [0.2, 0.25) is 0 Å². The smallest absolute Gasteiger partial charge is 0.295 e. The minimum absolute atomic E-state index is 0. The number of nitrogens with zero attached hydrogens (tertiary/aromatic N) is 3. The van der Waals surface area contributed by atoms with E-state index in [1.54, 1.807) is 12.0 Å². The van der Waals surface area contributed by atoms with E-state index in [2.05, 4.69) is 4.90 Å². The lowest BCUT2D eigenvalue weighted by atomic mass is 10.2. The summed E-state index contributed by atoms with van der Waals surface area (Å²) in [7, 11) is 1.64. The number of methoxy groups -OCH3 is 1. The van der Waals surface area contributed by atoms with E-state index in [9.17, 15) is 4.79 Å². The number of halogens is 1. The number of fused-ring (bicyclic) bond motifs is 2. The molecule has 1 aliphatic heterocycles. The summed E-state index contributed by atoms with van der Waals surface area (Å²) in [5.74, 6) is 0.929. The van der Waals surface area contributed by atoms with Crippen LogP contribution in [0, 0.1) is 0 Å². The number of morpholine rings is 1. The quantitative estimate of drug-likeness (QED) is 0.371. The molecular formula is C24H26ClN3O4S. The minimum Gasteiger partial charge on any atom is -0.497 e. The highest BCUT2D eigenvalue weighted by Crippen LogP contribution is 2.33. The number of thiazole rings is 1. The first-order chi connectivity index (χ1) is 15.7. The molecule has 0 aliphatic carbocycles. The number of carbonyl (C=O) groups is 1. The first-order valence-corrected chi connectivity index (χ1v) is 11.6. The standard InChI is InChI=1S/C24H25N3O4S.ClH/c1-29-18-7-8-19-22(16-18)32-24(25-19)27(10-4-9-26-11-13-30-14-12-26)23(28)21-15-17-5-2-3-6-20(17)31-21;/h2-3,5-8,15-16H,4,9-14H2,1H3;1H. The lowest BCUT2D eigenvalue weighted by molar-refractivity contribution is 0.0376. The monoisotopic (exact) mass is 487 g/mol. The average molecular weight is 488 g/mol. The van der Waals surface area contributed by atoms with Gasteiger partial charge in [0.05, 0.1) is 30.5 Å². The topological polar surface area (TPSA) is 68.0 Å². The van der Waals surface area contributed by atoms with Gasteiger partial charge in [0.1, 0.15) is 11.3 Å². The van der Waals surface area contributed by atoms with E-state index in [0.717, 1.165) is 60.6 Å². The number of hydrogen-bond acceptors (Lipinski definition) is 7.